The van der Waals surface area contributed by atoms with Crippen LogP contribution in [-0.4, -0.2) is 35.8 Å². The van der Waals surface area contributed by atoms with Crippen molar-refractivity contribution in [1.29, 1.82) is 0 Å². The molecule has 142 valence electrons. The van der Waals surface area contributed by atoms with Gasteiger partial charge in [0.05, 0.1) is 11.7 Å². The molecule has 0 amide bonds. The standard InChI is InChI=1S/C14H11F9O2/c1-7(2)25-9-6-4-3-5-8(9)10(24)11(15,16)12(17,18)13(19,20)14(21,22)23/h3-7H,1-2H3. The molecule has 0 aliphatic carbocycles. The first-order chi connectivity index (χ1) is 11.1. The summed E-state index contributed by atoms with van der Waals surface area (Å²) in [6.07, 6.45) is -7.71. The lowest BCUT2D eigenvalue weighted by molar-refractivity contribution is -0.386. The molecule has 0 spiro atoms. The molecule has 0 aliphatic heterocycles. The number of Topliss-reactive ketones (excluding diaryl/α,β-unsaturated/α-hetero) is 1. The Morgan fingerprint density at radius 1 is 0.880 bits per heavy atom. The van der Waals surface area contributed by atoms with Crippen LogP contribution in [0.2, 0.25) is 0 Å². The minimum atomic E-state index is -7.13. The van der Waals surface area contributed by atoms with Gasteiger partial charge in [0.25, 0.3) is 0 Å². The van der Waals surface area contributed by atoms with E-state index >= 15 is 0 Å². The second kappa shape index (κ2) is 6.41. The molecular formula is C14H11F9O2. The molecule has 0 saturated carbocycles. The molecule has 1 rings (SSSR count). The predicted octanol–water partition coefficient (Wildman–Crippen LogP) is 5.12. The van der Waals surface area contributed by atoms with Gasteiger partial charge in [-0.15, -0.1) is 0 Å². The first kappa shape index (κ1) is 21.1. The molecule has 0 unspecified atom stereocenters. The maximum atomic E-state index is 13.7. The number of hydrogen-bond donors (Lipinski definition) is 0. The molecule has 0 saturated heterocycles. The Bertz CT molecular complexity index is 635. The van der Waals surface area contributed by atoms with Gasteiger partial charge in [-0.05, 0) is 26.0 Å². The number of halogens is 9. The Balaban J connectivity index is 3.42. The number of benzene rings is 1. The number of para-hydroxylation sites is 1. The molecular weight excluding hydrogens is 371 g/mol. The number of carbonyl (C=O) groups is 1. The molecule has 0 aliphatic rings. The molecule has 11 heteroatoms. The van der Waals surface area contributed by atoms with E-state index in [4.69, 9.17) is 4.74 Å². The lowest BCUT2D eigenvalue weighted by Gasteiger charge is -2.33. The Hall–Kier alpha value is -1.94. The van der Waals surface area contributed by atoms with E-state index in [-0.39, 0.29) is 0 Å². The van der Waals surface area contributed by atoms with Gasteiger partial charge in [0.15, 0.2) is 0 Å². The van der Waals surface area contributed by atoms with E-state index in [9.17, 15) is 44.3 Å². The number of ketones is 1. The summed E-state index contributed by atoms with van der Waals surface area (Å²) in [5.41, 5.74) is -1.25. The van der Waals surface area contributed by atoms with Gasteiger partial charge in [-0.3, -0.25) is 4.79 Å². The largest absolute Gasteiger partial charge is 0.490 e. The fraction of sp³-hybridized carbons (Fsp3) is 0.500. The first-order valence-electron chi connectivity index (χ1n) is 6.58. The second-order valence-corrected chi connectivity index (χ2v) is 5.21. The van der Waals surface area contributed by atoms with Gasteiger partial charge in [-0.25, -0.2) is 0 Å². The van der Waals surface area contributed by atoms with Crippen LogP contribution in [0, 0.1) is 0 Å². The Labute approximate surface area is 135 Å². The fourth-order valence-electron chi connectivity index (χ4n) is 1.70. The van der Waals surface area contributed by atoms with Crippen molar-refractivity contribution >= 4 is 5.78 Å². The summed E-state index contributed by atoms with van der Waals surface area (Å²) in [6, 6.07) is 3.55. The monoisotopic (exact) mass is 382 g/mol. The maximum Gasteiger partial charge on any atom is 0.460 e. The Morgan fingerprint density at radius 3 is 1.80 bits per heavy atom. The molecule has 2 nitrogen and oxygen atoms in total. The van der Waals surface area contributed by atoms with Crippen LogP contribution in [0.25, 0.3) is 0 Å². The second-order valence-electron chi connectivity index (χ2n) is 5.21. The average molecular weight is 382 g/mol. The lowest BCUT2D eigenvalue weighted by atomic mass is 9.95. The minimum Gasteiger partial charge on any atom is -0.490 e. The van der Waals surface area contributed by atoms with Crippen molar-refractivity contribution in [2.45, 2.75) is 43.9 Å². The summed E-state index contributed by atoms with van der Waals surface area (Å²) < 4.78 is 121. The van der Waals surface area contributed by atoms with E-state index in [1.54, 1.807) is 0 Å². The van der Waals surface area contributed by atoms with Gasteiger partial charge in [0.1, 0.15) is 5.75 Å². The highest BCUT2D eigenvalue weighted by Crippen LogP contribution is 2.54. The van der Waals surface area contributed by atoms with Crippen LogP contribution in [0.15, 0.2) is 24.3 Å². The summed E-state index contributed by atoms with van der Waals surface area (Å²) in [5.74, 6) is -24.1. The zero-order valence-corrected chi connectivity index (χ0v) is 12.6. The zero-order chi connectivity index (χ0) is 19.8. The van der Waals surface area contributed by atoms with Crippen LogP contribution in [-0.2, 0) is 0 Å². The van der Waals surface area contributed by atoms with Crippen LogP contribution >= 0.6 is 0 Å². The topological polar surface area (TPSA) is 26.3 Å². The summed E-state index contributed by atoms with van der Waals surface area (Å²) in [5, 5.41) is 0. The summed E-state index contributed by atoms with van der Waals surface area (Å²) in [4.78, 5) is 11.7. The van der Waals surface area contributed by atoms with Crippen molar-refractivity contribution in [3.8, 4) is 5.75 Å². The third kappa shape index (κ3) is 3.54. The molecule has 0 bridgehead atoms. The number of rotatable bonds is 6. The van der Waals surface area contributed by atoms with E-state index < -0.39 is 47.1 Å². The Morgan fingerprint density at radius 2 is 1.36 bits per heavy atom. The molecule has 0 heterocycles. The summed E-state index contributed by atoms with van der Waals surface area (Å²) >= 11 is 0. The van der Waals surface area contributed by atoms with Crippen molar-refractivity contribution in [3.05, 3.63) is 29.8 Å². The van der Waals surface area contributed by atoms with Crippen molar-refractivity contribution in [3.63, 3.8) is 0 Å². The SMILES string of the molecule is CC(C)Oc1ccccc1C(=O)C(F)(F)C(F)(F)C(F)(F)C(F)(F)F. The van der Waals surface area contributed by atoms with Crippen LogP contribution in [0.4, 0.5) is 39.5 Å². The Kier molecular flexibility index (Phi) is 5.41. The minimum absolute atomic E-state index is 0.551. The quantitative estimate of drug-likeness (QED) is 0.504. The number of alkyl halides is 9. The van der Waals surface area contributed by atoms with E-state index in [1.807, 2.05) is 0 Å². The van der Waals surface area contributed by atoms with E-state index in [1.165, 1.54) is 13.8 Å². The molecule has 0 N–H and O–H groups in total. The van der Waals surface area contributed by atoms with Crippen molar-refractivity contribution < 1.29 is 49.0 Å². The smallest absolute Gasteiger partial charge is 0.460 e. The molecule has 0 radical (unpaired) electrons. The van der Waals surface area contributed by atoms with Crippen molar-refractivity contribution in [2.24, 2.45) is 0 Å². The average Bonchev–Trinajstić information content (AvgIpc) is 2.44. The molecule has 0 fully saturated rings. The van der Waals surface area contributed by atoms with Gasteiger partial charge in [-0.1, -0.05) is 12.1 Å². The number of carbonyl (C=O) groups excluding carboxylic acids is 1. The van der Waals surface area contributed by atoms with Gasteiger partial charge in [0.2, 0.25) is 5.78 Å². The van der Waals surface area contributed by atoms with Gasteiger partial charge in [-0.2, -0.15) is 39.5 Å². The highest BCUT2D eigenvalue weighted by Gasteiger charge is 2.83. The zero-order valence-electron chi connectivity index (χ0n) is 12.6. The highest BCUT2D eigenvalue weighted by molar-refractivity contribution is 6.04. The summed E-state index contributed by atoms with van der Waals surface area (Å²) in [7, 11) is 0. The molecule has 0 atom stereocenters. The third-order valence-corrected chi connectivity index (χ3v) is 2.92. The van der Waals surface area contributed by atoms with E-state index in [2.05, 4.69) is 0 Å². The normalized spacial score (nSPS) is 13.9. The first-order valence-corrected chi connectivity index (χ1v) is 6.58. The predicted molar refractivity (Wildman–Crippen MR) is 67.4 cm³/mol. The van der Waals surface area contributed by atoms with Crippen LogP contribution in [0.5, 0.6) is 5.75 Å². The fourth-order valence-corrected chi connectivity index (χ4v) is 1.70. The van der Waals surface area contributed by atoms with Gasteiger partial charge < -0.3 is 4.74 Å². The number of hydrogen-bond acceptors (Lipinski definition) is 2. The third-order valence-electron chi connectivity index (χ3n) is 2.92. The van der Waals surface area contributed by atoms with Gasteiger partial charge in [0, 0.05) is 0 Å². The highest BCUT2D eigenvalue weighted by atomic mass is 19.4. The van der Waals surface area contributed by atoms with Crippen LogP contribution in [0.3, 0.4) is 0 Å². The molecule has 0 aromatic heterocycles. The van der Waals surface area contributed by atoms with Crippen LogP contribution in [0.1, 0.15) is 24.2 Å². The van der Waals surface area contributed by atoms with Crippen molar-refractivity contribution in [1.82, 2.24) is 0 Å². The number of ether oxygens (including phenoxy) is 1. The van der Waals surface area contributed by atoms with E-state index in [0.29, 0.717) is 6.07 Å². The lowest BCUT2D eigenvalue weighted by Crippen LogP contribution is -2.63. The summed E-state index contributed by atoms with van der Waals surface area (Å²) in [6.45, 7) is 2.76. The van der Waals surface area contributed by atoms with Crippen LogP contribution < -0.4 is 4.74 Å². The molecule has 25 heavy (non-hydrogen) atoms. The molecule has 1 aromatic rings. The molecule has 1 aromatic carbocycles. The maximum absolute atomic E-state index is 13.7. The van der Waals surface area contributed by atoms with E-state index in [0.717, 1.165) is 18.2 Å². The van der Waals surface area contributed by atoms with Crippen molar-refractivity contribution in [2.75, 3.05) is 0 Å². The van der Waals surface area contributed by atoms with Gasteiger partial charge >= 0.3 is 23.9 Å².